The Bertz CT molecular complexity index is 1130. The maximum atomic E-state index is 13.4. The molecule has 0 saturated heterocycles. The van der Waals surface area contributed by atoms with Gasteiger partial charge in [-0.3, -0.25) is 4.79 Å². The van der Waals surface area contributed by atoms with Crippen LogP contribution in [0, 0.1) is 12.7 Å². The lowest BCUT2D eigenvalue weighted by atomic mass is 10.1. The van der Waals surface area contributed by atoms with Crippen molar-refractivity contribution in [2.45, 2.75) is 26.6 Å². The van der Waals surface area contributed by atoms with Gasteiger partial charge >= 0.3 is 0 Å². The molecular weight excluding hydrogens is 387 g/mol. The molecule has 1 aromatic heterocycles. The van der Waals surface area contributed by atoms with E-state index in [1.54, 1.807) is 12.1 Å². The highest BCUT2D eigenvalue weighted by atomic mass is 19.1. The van der Waals surface area contributed by atoms with Gasteiger partial charge in [0.05, 0.1) is 6.54 Å². The molecule has 4 heteroatoms. The standard InChI is InChI=1S/C27H25FN2O/c1-21-9-13-24(14-10-21)27(31)30(19-22-6-3-2-4-7-22)20-26-8-5-17-29(26)18-23-11-15-25(28)16-12-23/h2-17H,18-20H2,1H3. The third-order valence-corrected chi connectivity index (χ3v) is 5.34. The van der Waals surface area contributed by atoms with Crippen molar-refractivity contribution in [3.63, 3.8) is 0 Å². The van der Waals surface area contributed by atoms with Crippen LogP contribution >= 0.6 is 0 Å². The van der Waals surface area contributed by atoms with Crippen molar-refractivity contribution in [1.82, 2.24) is 9.47 Å². The van der Waals surface area contributed by atoms with Gasteiger partial charge in [0, 0.05) is 30.5 Å². The molecule has 4 aromatic rings. The highest BCUT2D eigenvalue weighted by molar-refractivity contribution is 5.94. The number of halogens is 1. The molecular formula is C27H25FN2O. The molecule has 31 heavy (non-hydrogen) atoms. The molecule has 3 nitrogen and oxygen atoms in total. The molecule has 0 aliphatic rings. The lowest BCUT2D eigenvalue weighted by Gasteiger charge is -2.24. The summed E-state index contributed by atoms with van der Waals surface area (Å²) in [5, 5.41) is 0. The molecule has 0 radical (unpaired) electrons. The number of hydrogen-bond donors (Lipinski definition) is 0. The second kappa shape index (κ2) is 9.43. The first-order chi connectivity index (χ1) is 15.1. The van der Waals surface area contributed by atoms with Gasteiger partial charge < -0.3 is 9.47 Å². The van der Waals surface area contributed by atoms with Crippen LogP contribution in [0.2, 0.25) is 0 Å². The smallest absolute Gasteiger partial charge is 0.254 e. The van der Waals surface area contributed by atoms with Crippen LogP contribution in [-0.2, 0) is 19.6 Å². The molecule has 1 heterocycles. The highest BCUT2D eigenvalue weighted by Crippen LogP contribution is 2.17. The predicted molar refractivity (Wildman–Crippen MR) is 121 cm³/mol. The van der Waals surface area contributed by atoms with E-state index in [0.717, 1.165) is 22.4 Å². The Morgan fingerprint density at radius 1 is 0.806 bits per heavy atom. The van der Waals surface area contributed by atoms with Gasteiger partial charge in [-0.05, 0) is 54.4 Å². The molecule has 0 aliphatic heterocycles. The lowest BCUT2D eigenvalue weighted by Crippen LogP contribution is -2.31. The molecule has 0 bridgehead atoms. The average molecular weight is 413 g/mol. The van der Waals surface area contributed by atoms with Crippen molar-refractivity contribution >= 4 is 5.91 Å². The summed E-state index contributed by atoms with van der Waals surface area (Å²) in [4.78, 5) is 15.2. The molecule has 0 spiro atoms. The number of rotatable bonds is 7. The first-order valence-corrected chi connectivity index (χ1v) is 10.4. The molecule has 3 aromatic carbocycles. The van der Waals surface area contributed by atoms with Crippen LogP contribution in [0.4, 0.5) is 4.39 Å². The van der Waals surface area contributed by atoms with E-state index in [0.29, 0.717) is 25.2 Å². The van der Waals surface area contributed by atoms with Crippen molar-refractivity contribution in [1.29, 1.82) is 0 Å². The van der Waals surface area contributed by atoms with E-state index in [1.165, 1.54) is 12.1 Å². The SMILES string of the molecule is Cc1ccc(C(=O)N(Cc2ccccc2)Cc2cccn2Cc2ccc(F)cc2)cc1. The first-order valence-electron chi connectivity index (χ1n) is 10.4. The van der Waals surface area contributed by atoms with Crippen LogP contribution in [-0.4, -0.2) is 15.4 Å². The van der Waals surface area contributed by atoms with E-state index >= 15 is 0 Å². The summed E-state index contributed by atoms with van der Waals surface area (Å²) in [7, 11) is 0. The Balaban J connectivity index is 1.59. The average Bonchev–Trinajstić information content (AvgIpc) is 3.22. The summed E-state index contributed by atoms with van der Waals surface area (Å²) in [5.41, 5.74) is 4.93. The van der Waals surface area contributed by atoms with E-state index in [1.807, 2.05) is 84.8 Å². The molecule has 0 unspecified atom stereocenters. The Labute approximate surface area is 182 Å². The summed E-state index contributed by atoms with van der Waals surface area (Å²) < 4.78 is 15.4. The number of carbonyl (C=O) groups is 1. The van der Waals surface area contributed by atoms with Crippen molar-refractivity contribution in [2.24, 2.45) is 0 Å². The minimum absolute atomic E-state index is 0.00150. The first kappa shape index (κ1) is 20.6. The van der Waals surface area contributed by atoms with Gasteiger partial charge in [0.25, 0.3) is 5.91 Å². The molecule has 1 amide bonds. The van der Waals surface area contributed by atoms with Gasteiger partial charge in [0.1, 0.15) is 5.82 Å². The number of carbonyl (C=O) groups excluding carboxylic acids is 1. The third kappa shape index (κ3) is 5.28. The number of aromatic nitrogens is 1. The Morgan fingerprint density at radius 3 is 2.23 bits per heavy atom. The Hall–Kier alpha value is -3.66. The maximum Gasteiger partial charge on any atom is 0.254 e. The molecule has 0 atom stereocenters. The van der Waals surface area contributed by atoms with Gasteiger partial charge in [-0.1, -0.05) is 60.2 Å². The molecule has 0 aliphatic carbocycles. The van der Waals surface area contributed by atoms with Crippen LogP contribution in [0.1, 0.15) is 32.7 Å². The summed E-state index contributed by atoms with van der Waals surface area (Å²) in [5.74, 6) is -0.243. The van der Waals surface area contributed by atoms with Gasteiger partial charge in [-0.25, -0.2) is 4.39 Å². The fourth-order valence-corrected chi connectivity index (χ4v) is 3.61. The van der Waals surface area contributed by atoms with Crippen LogP contribution in [0.3, 0.4) is 0 Å². The van der Waals surface area contributed by atoms with Gasteiger partial charge in [0.15, 0.2) is 0 Å². The summed E-state index contributed by atoms with van der Waals surface area (Å²) in [6.45, 7) is 3.64. The number of hydrogen-bond acceptors (Lipinski definition) is 1. The maximum absolute atomic E-state index is 13.4. The van der Waals surface area contributed by atoms with E-state index in [9.17, 15) is 9.18 Å². The summed E-state index contributed by atoms with van der Waals surface area (Å²) in [6, 6.07) is 28.3. The second-order valence-corrected chi connectivity index (χ2v) is 7.77. The quantitative estimate of drug-likeness (QED) is 0.375. The van der Waals surface area contributed by atoms with Crippen LogP contribution < -0.4 is 0 Å². The van der Waals surface area contributed by atoms with Gasteiger partial charge in [-0.15, -0.1) is 0 Å². The topological polar surface area (TPSA) is 25.2 Å². The van der Waals surface area contributed by atoms with Crippen molar-refractivity contribution < 1.29 is 9.18 Å². The normalized spacial score (nSPS) is 10.8. The van der Waals surface area contributed by atoms with Crippen molar-refractivity contribution in [3.8, 4) is 0 Å². The molecule has 156 valence electrons. The van der Waals surface area contributed by atoms with E-state index in [4.69, 9.17) is 0 Å². The third-order valence-electron chi connectivity index (χ3n) is 5.34. The number of benzene rings is 3. The monoisotopic (exact) mass is 412 g/mol. The fraction of sp³-hybridized carbons (Fsp3) is 0.148. The van der Waals surface area contributed by atoms with E-state index in [-0.39, 0.29) is 11.7 Å². The number of amides is 1. The number of nitrogens with zero attached hydrogens (tertiary/aromatic N) is 2. The molecule has 0 N–H and O–H groups in total. The fourth-order valence-electron chi connectivity index (χ4n) is 3.61. The van der Waals surface area contributed by atoms with Crippen molar-refractivity contribution in [2.75, 3.05) is 0 Å². The minimum atomic E-state index is -0.241. The minimum Gasteiger partial charge on any atom is -0.345 e. The summed E-state index contributed by atoms with van der Waals surface area (Å²) >= 11 is 0. The summed E-state index contributed by atoms with van der Waals surface area (Å²) in [6.07, 6.45) is 2.00. The van der Waals surface area contributed by atoms with E-state index < -0.39 is 0 Å². The zero-order chi connectivity index (χ0) is 21.6. The zero-order valence-corrected chi connectivity index (χ0v) is 17.5. The van der Waals surface area contributed by atoms with E-state index in [2.05, 4.69) is 4.57 Å². The molecule has 0 fully saturated rings. The van der Waals surface area contributed by atoms with Gasteiger partial charge in [0.2, 0.25) is 0 Å². The Kier molecular flexibility index (Phi) is 6.27. The number of aryl methyl sites for hydroxylation is 1. The van der Waals surface area contributed by atoms with Crippen molar-refractivity contribution in [3.05, 3.63) is 131 Å². The van der Waals surface area contributed by atoms with Crippen LogP contribution in [0.5, 0.6) is 0 Å². The highest BCUT2D eigenvalue weighted by Gasteiger charge is 2.18. The second-order valence-electron chi connectivity index (χ2n) is 7.77. The largest absolute Gasteiger partial charge is 0.345 e. The lowest BCUT2D eigenvalue weighted by molar-refractivity contribution is 0.0726. The van der Waals surface area contributed by atoms with Crippen LogP contribution in [0.25, 0.3) is 0 Å². The Morgan fingerprint density at radius 2 is 1.52 bits per heavy atom. The van der Waals surface area contributed by atoms with Crippen LogP contribution in [0.15, 0.2) is 97.2 Å². The zero-order valence-electron chi connectivity index (χ0n) is 17.5. The predicted octanol–water partition coefficient (Wildman–Crippen LogP) is 5.83. The molecule has 0 saturated carbocycles. The van der Waals surface area contributed by atoms with Gasteiger partial charge in [-0.2, -0.15) is 0 Å². The molecule has 4 rings (SSSR count).